The number of nitrogens with one attached hydrogen (secondary N) is 3. The Morgan fingerprint density at radius 3 is 1.76 bits per heavy atom. The molecule has 1 heterocycles. The highest BCUT2D eigenvalue weighted by Gasteiger charge is 2.51. The van der Waals surface area contributed by atoms with E-state index in [0.29, 0.717) is 0 Å². The molecule has 0 aliphatic carbocycles. The summed E-state index contributed by atoms with van der Waals surface area (Å²) in [4.78, 5) is 0.270. The van der Waals surface area contributed by atoms with Crippen molar-refractivity contribution in [3.05, 3.63) is 24.6 Å². The lowest BCUT2D eigenvalue weighted by molar-refractivity contribution is 1.02. The summed E-state index contributed by atoms with van der Waals surface area (Å²) < 4.78 is 11.3. The summed E-state index contributed by atoms with van der Waals surface area (Å²) in [6, 6.07) is 0. The number of rotatable bonds is 4. The first-order valence-electron chi connectivity index (χ1n) is 5.67. The molecule has 3 unspecified atom stereocenters. The minimum Gasteiger partial charge on any atom is -0.332 e. The summed E-state index contributed by atoms with van der Waals surface area (Å²) >= 11 is 9.09. The van der Waals surface area contributed by atoms with Gasteiger partial charge in [0.15, 0.2) is 0 Å². The zero-order valence-corrected chi connectivity index (χ0v) is 15.5. The summed E-state index contributed by atoms with van der Waals surface area (Å²) in [7, 11) is -5.47. The zero-order chi connectivity index (χ0) is 13.3. The van der Waals surface area contributed by atoms with Crippen LogP contribution in [0.4, 0.5) is 0 Å². The van der Waals surface area contributed by atoms with Crippen LogP contribution < -0.4 is 13.9 Å². The average molecular weight is 322 g/mol. The van der Waals surface area contributed by atoms with Crippen molar-refractivity contribution in [1.82, 2.24) is 13.9 Å². The molecule has 8 heteroatoms. The molecule has 0 aromatic heterocycles. The Kier molecular flexibility index (Phi) is 4.98. The lowest BCUT2D eigenvalue weighted by Gasteiger charge is -2.52. The van der Waals surface area contributed by atoms with Crippen LogP contribution in [-0.4, -0.2) is 35.8 Å². The van der Waals surface area contributed by atoms with Crippen LogP contribution in [0.5, 0.6) is 0 Å². The first kappa shape index (κ1) is 15.8. The number of hydrogen-bond donors (Lipinski definition) is 5. The van der Waals surface area contributed by atoms with Gasteiger partial charge in [0.25, 0.3) is 0 Å². The van der Waals surface area contributed by atoms with Gasteiger partial charge in [-0.1, -0.05) is 11.4 Å². The molecule has 1 aliphatic rings. The van der Waals surface area contributed by atoms with E-state index in [2.05, 4.69) is 70.8 Å². The Morgan fingerprint density at radius 1 is 1.06 bits per heavy atom. The van der Waals surface area contributed by atoms with Gasteiger partial charge in [-0.2, -0.15) is 25.3 Å². The minimum absolute atomic E-state index is 0.270. The summed E-state index contributed by atoms with van der Waals surface area (Å²) in [5, 5.41) is 0. The first-order chi connectivity index (χ1) is 7.72. The third-order valence-electron chi connectivity index (χ3n) is 3.21. The first-order valence-corrected chi connectivity index (χ1v) is 14.5. The Morgan fingerprint density at radius 2 is 1.47 bits per heavy atom. The molecular weight excluding hydrogens is 299 g/mol. The van der Waals surface area contributed by atoms with E-state index in [4.69, 9.17) is 12.6 Å². The molecule has 3 N–H and O–H groups in total. The average Bonchev–Trinajstić information content (AvgIpc) is 2.26. The highest BCUT2D eigenvalue weighted by molar-refractivity contribution is 7.86. The molecule has 17 heavy (non-hydrogen) atoms. The predicted molar refractivity (Wildman–Crippen MR) is 91.3 cm³/mol. The molecule has 0 bridgehead atoms. The molecule has 0 amide bonds. The predicted octanol–water partition coefficient (Wildman–Crippen LogP) is 1.20. The second-order valence-corrected chi connectivity index (χ2v) is 18.3. The Hall–Kier alpha value is 0.711. The van der Waals surface area contributed by atoms with Crippen molar-refractivity contribution >= 4 is 50.4 Å². The monoisotopic (exact) mass is 321 g/mol. The Bertz CT molecular complexity index is 309. The SMILES string of the molecule is C=C[Si]1(C)N[Si](C)(C=C)N[Si](C)(C(S)CS)N1. The van der Waals surface area contributed by atoms with Crippen LogP contribution in [0.25, 0.3) is 0 Å². The Labute approximate surface area is 119 Å². The lowest BCUT2D eigenvalue weighted by Crippen LogP contribution is -2.91. The van der Waals surface area contributed by atoms with Crippen LogP contribution >= 0.6 is 25.3 Å². The third-order valence-corrected chi connectivity index (χ3v) is 21.6. The summed E-state index contributed by atoms with van der Waals surface area (Å²) in [5.74, 6) is 0.773. The molecular formula is C9H23N3S2Si3. The quantitative estimate of drug-likeness (QED) is 0.399. The Balaban J connectivity index is 3.10. The largest absolute Gasteiger partial charge is 0.332 e. The summed E-state index contributed by atoms with van der Waals surface area (Å²) in [5.41, 5.74) is 4.12. The van der Waals surface area contributed by atoms with Crippen LogP contribution in [0, 0.1) is 0 Å². The number of thiol groups is 2. The van der Waals surface area contributed by atoms with Crippen molar-refractivity contribution in [2.24, 2.45) is 0 Å². The lowest BCUT2D eigenvalue weighted by atomic mass is 10.9. The maximum absolute atomic E-state index is 4.70. The highest BCUT2D eigenvalue weighted by Crippen LogP contribution is 2.20. The standard InChI is InChI=1S/C9H23N3S2Si3/c1-6-15(3)10-16(4,7-2)12-17(5,11-15)9(14)8-13/h6-7,9-14H,1-2,8H2,3-5H3. The van der Waals surface area contributed by atoms with Gasteiger partial charge in [-0.05, 0) is 19.6 Å². The van der Waals surface area contributed by atoms with Gasteiger partial charge in [0.1, 0.15) is 0 Å². The van der Waals surface area contributed by atoms with E-state index in [9.17, 15) is 0 Å². The van der Waals surface area contributed by atoms with E-state index < -0.39 is 25.2 Å². The minimum atomic E-state index is -1.85. The fourth-order valence-electron chi connectivity index (χ4n) is 2.27. The van der Waals surface area contributed by atoms with E-state index in [0.717, 1.165) is 5.75 Å². The maximum atomic E-state index is 4.70. The van der Waals surface area contributed by atoms with Crippen molar-refractivity contribution in [1.29, 1.82) is 0 Å². The van der Waals surface area contributed by atoms with E-state index >= 15 is 0 Å². The molecule has 1 aliphatic heterocycles. The third kappa shape index (κ3) is 3.38. The second kappa shape index (κ2) is 5.37. The van der Waals surface area contributed by atoms with Gasteiger partial charge in [0, 0.05) is 10.6 Å². The number of hydrogen-bond acceptors (Lipinski definition) is 5. The molecule has 0 spiro atoms. The van der Waals surface area contributed by atoms with Crippen molar-refractivity contribution in [2.75, 3.05) is 5.75 Å². The molecule has 0 saturated carbocycles. The van der Waals surface area contributed by atoms with Gasteiger partial charge < -0.3 is 13.9 Å². The van der Waals surface area contributed by atoms with Crippen molar-refractivity contribution in [3.63, 3.8) is 0 Å². The van der Waals surface area contributed by atoms with Crippen LogP contribution in [0.2, 0.25) is 19.6 Å². The molecule has 0 radical (unpaired) electrons. The van der Waals surface area contributed by atoms with E-state index in [1.54, 1.807) is 0 Å². The second-order valence-electron chi connectivity index (χ2n) is 5.09. The van der Waals surface area contributed by atoms with Gasteiger partial charge in [0.05, 0.1) is 0 Å². The molecule has 0 aromatic carbocycles. The van der Waals surface area contributed by atoms with Gasteiger partial charge >= 0.3 is 0 Å². The van der Waals surface area contributed by atoms with Crippen molar-refractivity contribution < 1.29 is 0 Å². The van der Waals surface area contributed by atoms with Crippen LogP contribution in [-0.2, 0) is 0 Å². The fraction of sp³-hybridized carbons (Fsp3) is 0.556. The van der Waals surface area contributed by atoms with Crippen LogP contribution in [0.15, 0.2) is 24.6 Å². The van der Waals surface area contributed by atoms with Crippen LogP contribution in [0.1, 0.15) is 0 Å². The smallest absolute Gasteiger partial charge is 0.212 e. The molecule has 98 valence electrons. The van der Waals surface area contributed by atoms with Crippen molar-refractivity contribution in [3.8, 4) is 0 Å². The van der Waals surface area contributed by atoms with Gasteiger partial charge in [0.2, 0.25) is 25.2 Å². The van der Waals surface area contributed by atoms with Crippen LogP contribution in [0.3, 0.4) is 0 Å². The summed E-state index contributed by atoms with van der Waals surface area (Å²) in [6.07, 6.45) is 0. The van der Waals surface area contributed by atoms with Crippen molar-refractivity contribution in [2.45, 2.75) is 24.5 Å². The normalized spacial score (nSPS) is 44.1. The molecule has 1 rings (SSSR count). The fourth-order valence-corrected chi connectivity index (χ4v) is 23.2. The molecule has 3 nitrogen and oxygen atoms in total. The zero-order valence-electron chi connectivity index (χ0n) is 10.7. The van der Waals surface area contributed by atoms with E-state index in [1.165, 1.54) is 0 Å². The molecule has 1 fully saturated rings. The molecule has 0 aromatic rings. The van der Waals surface area contributed by atoms with E-state index in [1.807, 2.05) is 0 Å². The van der Waals surface area contributed by atoms with Gasteiger partial charge in [-0.3, -0.25) is 0 Å². The topological polar surface area (TPSA) is 36.1 Å². The molecule has 1 saturated heterocycles. The van der Waals surface area contributed by atoms with Gasteiger partial charge in [-0.25, -0.2) is 0 Å². The van der Waals surface area contributed by atoms with E-state index in [-0.39, 0.29) is 4.87 Å². The van der Waals surface area contributed by atoms with Gasteiger partial charge in [-0.15, -0.1) is 13.2 Å². The highest BCUT2D eigenvalue weighted by atomic mass is 32.1. The summed E-state index contributed by atoms with van der Waals surface area (Å²) in [6.45, 7) is 14.7. The molecule has 3 atom stereocenters. The maximum Gasteiger partial charge on any atom is 0.212 e.